The number of hydrogen-bond donors (Lipinski definition) is 2. The topological polar surface area (TPSA) is 76.7 Å². The minimum Gasteiger partial charge on any atom is -0.399 e. The molecule has 2 aromatic heterocycles. The fourth-order valence-electron chi connectivity index (χ4n) is 2.07. The number of anilines is 2. The van der Waals surface area contributed by atoms with Gasteiger partial charge in [0.2, 0.25) is 0 Å². The summed E-state index contributed by atoms with van der Waals surface area (Å²) in [6.07, 6.45) is 4.20. The lowest BCUT2D eigenvalue weighted by Crippen LogP contribution is -2.08. The van der Waals surface area contributed by atoms with Crippen LogP contribution in [0.15, 0.2) is 48.9 Å². The Hall–Kier alpha value is -2.69. The molecular weight excluding hydrogens is 250 g/mol. The largest absolute Gasteiger partial charge is 0.399 e. The summed E-state index contributed by atoms with van der Waals surface area (Å²) in [5.41, 5.74) is 8.46. The molecule has 20 heavy (non-hydrogen) atoms. The van der Waals surface area contributed by atoms with E-state index in [0.717, 1.165) is 35.4 Å². The first kappa shape index (κ1) is 12.3. The minimum absolute atomic E-state index is 0.708. The summed E-state index contributed by atoms with van der Waals surface area (Å²) in [5, 5.41) is 4.26. The fraction of sp³-hybridized carbons (Fsp3) is 0.133. The van der Waals surface area contributed by atoms with E-state index in [1.54, 1.807) is 12.5 Å². The van der Waals surface area contributed by atoms with Gasteiger partial charge in [0, 0.05) is 35.9 Å². The maximum Gasteiger partial charge on any atom is 0.137 e. The molecule has 3 aromatic rings. The van der Waals surface area contributed by atoms with Crippen molar-refractivity contribution in [3.63, 3.8) is 0 Å². The van der Waals surface area contributed by atoms with Gasteiger partial charge in [-0.15, -0.1) is 0 Å². The van der Waals surface area contributed by atoms with Crippen LogP contribution in [0.5, 0.6) is 0 Å². The van der Waals surface area contributed by atoms with Crippen LogP contribution in [0, 0.1) is 0 Å². The van der Waals surface area contributed by atoms with Gasteiger partial charge in [0.1, 0.15) is 12.1 Å². The van der Waals surface area contributed by atoms with Crippen molar-refractivity contribution < 1.29 is 0 Å². The molecule has 5 heteroatoms. The average Bonchev–Trinajstić information content (AvgIpc) is 2.49. The van der Waals surface area contributed by atoms with Gasteiger partial charge in [-0.3, -0.25) is 4.98 Å². The summed E-state index contributed by atoms with van der Waals surface area (Å²) in [6.45, 7) is 0.762. The quantitative estimate of drug-likeness (QED) is 0.708. The Morgan fingerprint density at radius 3 is 2.85 bits per heavy atom. The lowest BCUT2D eigenvalue weighted by atomic mass is 10.2. The second-order valence-electron chi connectivity index (χ2n) is 4.50. The number of nitrogens with two attached hydrogens (primary N) is 1. The zero-order valence-electron chi connectivity index (χ0n) is 11.0. The number of hydrogen-bond acceptors (Lipinski definition) is 5. The molecule has 100 valence electrons. The molecule has 0 aliphatic heterocycles. The van der Waals surface area contributed by atoms with Gasteiger partial charge < -0.3 is 11.1 Å². The Morgan fingerprint density at radius 2 is 2.00 bits per heavy atom. The van der Waals surface area contributed by atoms with Crippen molar-refractivity contribution in [3.8, 4) is 0 Å². The second-order valence-corrected chi connectivity index (χ2v) is 4.50. The van der Waals surface area contributed by atoms with Crippen molar-refractivity contribution in [3.05, 3.63) is 54.6 Å². The maximum atomic E-state index is 5.82. The van der Waals surface area contributed by atoms with Gasteiger partial charge in [-0.25, -0.2) is 9.97 Å². The molecule has 0 unspecified atom stereocenters. The van der Waals surface area contributed by atoms with E-state index in [2.05, 4.69) is 20.3 Å². The summed E-state index contributed by atoms with van der Waals surface area (Å²) in [7, 11) is 0. The van der Waals surface area contributed by atoms with E-state index in [-0.39, 0.29) is 0 Å². The zero-order valence-corrected chi connectivity index (χ0v) is 11.0. The Labute approximate surface area is 116 Å². The molecule has 0 fully saturated rings. The van der Waals surface area contributed by atoms with Crippen LogP contribution >= 0.6 is 0 Å². The summed E-state index contributed by atoms with van der Waals surface area (Å²) in [5.74, 6) is 0.804. The summed E-state index contributed by atoms with van der Waals surface area (Å²) in [4.78, 5) is 12.8. The number of nitrogens with one attached hydrogen (secondary N) is 1. The van der Waals surface area contributed by atoms with Crippen molar-refractivity contribution in [2.24, 2.45) is 0 Å². The maximum absolute atomic E-state index is 5.82. The van der Waals surface area contributed by atoms with Crippen LogP contribution in [0.1, 0.15) is 5.69 Å². The normalized spacial score (nSPS) is 10.6. The van der Waals surface area contributed by atoms with Crippen molar-refractivity contribution in [1.82, 2.24) is 15.0 Å². The SMILES string of the molecule is Nc1ccc2ncnc(NCCc3ccccn3)c2c1. The Kier molecular flexibility index (Phi) is 3.41. The van der Waals surface area contributed by atoms with E-state index in [1.165, 1.54) is 0 Å². The Morgan fingerprint density at radius 1 is 1.05 bits per heavy atom. The molecule has 0 saturated carbocycles. The van der Waals surface area contributed by atoms with Crippen LogP contribution in [0.25, 0.3) is 10.9 Å². The molecule has 0 aliphatic carbocycles. The van der Waals surface area contributed by atoms with Gasteiger partial charge >= 0.3 is 0 Å². The van der Waals surface area contributed by atoms with Crippen molar-refractivity contribution in [2.45, 2.75) is 6.42 Å². The first-order valence-electron chi connectivity index (χ1n) is 6.47. The van der Waals surface area contributed by atoms with E-state index in [4.69, 9.17) is 5.73 Å². The summed E-state index contributed by atoms with van der Waals surface area (Å²) in [6, 6.07) is 11.5. The molecule has 0 bridgehead atoms. The smallest absolute Gasteiger partial charge is 0.137 e. The first-order valence-corrected chi connectivity index (χ1v) is 6.47. The predicted molar refractivity (Wildman–Crippen MR) is 80.4 cm³/mol. The monoisotopic (exact) mass is 265 g/mol. The van der Waals surface area contributed by atoms with E-state index in [9.17, 15) is 0 Å². The molecule has 5 nitrogen and oxygen atoms in total. The number of nitrogens with zero attached hydrogens (tertiary/aromatic N) is 3. The molecule has 0 amide bonds. The molecule has 0 atom stereocenters. The highest BCUT2D eigenvalue weighted by molar-refractivity contribution is 5.91. The second kappa shape index (κ2) is 5.52. The van der Waals surface area contributed by atoms with Gasteiger partial charge in [0.15, 0.2) is 0 Å². The van der Waals surface area contributed by atoms with Crippen LogP contribution in [0.3, 0.4) is 0 Å². The standard InChI is InChI=1S/C15H15N5/c16-11-4-5-14-13(9-11)15(20-10-19-14)18-8-6-12-3-1-2-7-17-12/h1-5,7,9-10H,6,8,16H2,(H,18,19,20). The number of fused-ring (bicyclic) bond motifs is 1. The van der Waals surface area contributed by atoms with Gasteiger partial charge in [-0.1, -0.05) is 6.07 Å². The third-order valence-corrected chi connectivity index (χ3v) is 3.06. The Bertz CT molecular complexity index is 712. The summed E-state index contributed by atoms with van der Waals surface area (Å²) >= 11 is 0. The minimum atomic E-state index is 0.708. The van der Waals surface area contributed by atoms with E-state index < -0.39 is 0 Å². The molecular formula is C15H15N5. The van der Waals surface area contributed by atoms with Crippen LogP contribution in [0.4, 0.5) is 11.5 Å². The van der Waals surface area contributed by atoms with Crippen LogP contribution in [0.2, 0.25) is 0 Å². The summed E-state index contributed by atoms with van der Waals surface area (Å²) < 4.78 is 0. The molecule has 0 radical (unpaired) electrons. The molecule has 2 heterocycles. The van der Waals surface area contributed by atoms with Crippen molar-refractivity contribution >= 4 is 22.4 Å². The number of benzene rings is 1. The van der Waals surface area contributed by atoms with E-state index in [0.29, 0.717) is 5.69 Å². The van der Waals surface area contributed by atoms with Crippen molar-refractivity contribution in [1.29, 1.82) is 0 Å². The van der Waals surface area contributed by atoms with Gasteiger partial charge in [-0.05, 0) is 30.3 Å². The first-order chi connectivity index (χ1) is 9.83. The predicted octanol–water partition coefficient (Wildman–Crippen LogP) is 2.26. The van der Waals surface area contributed by atoms with Gasteiger partial charge in [0.25, 0.3) is 0 Å². The molecule has 0 spiro atoms. The van der Waals surface area contributed by atoms with Crippen molar-refractivity contribution in [2.75, 3.05) is 17.6 Å². The van der Waals surface area contributed by atoms with Gasteiger partial charge in [0.05, 0.1) is 5.52 Å². The fourth-order valence-corrected chi connectivity index (χ4v) is 2.07. The molecule has 1 aromatic carbocycles. The van der Waals surface area contributed by atoms with Crippen LogP contribution in [-0.4, -0.2) is 21.5 Å². The highest BCUT2D eigenvalue weighted by atomic mass is 15.0. The zero-order chi connectivity index (χ0) is 13.8. The lowest BCUT2D eigenvalue weighted by molar-refractivity contribution is 0.954. The molecule has 0 saturated heterocycles. The lowest BCUT2D eigenvalue weighted by Gasteiger charge is -2.08. The molecule has 0 aliphatic rings. The van der Waals surface area contributed by atoms with E-state index in [1.807, 2.05) is 36.4 Å². The van der Waals surface area contributed by atoms with Gasteiger partial charge in [-0.2, -0.15) is 0 Å². The highest BCUT2D eigenvalue weighted by Gasteiger charge is 2.03. The molecule has 3 N–H and O–H groups in total. The van der Waals surface area contributed by atoms with Crippen LogP contribution < -0.4 is 11.1 Å². The molecule has 3 rings (SSSR count). The Balaban J connectivity index is 1.76. The average molecular weight is 265 g/mol. The van der Waals surface area contributed by atoms with E-state index >= 15 is 0 Å². The highest BCUT2D eigenvalue weighted by Crippen LogP contribution is 2.21. The number of rotatable bonds is 4. The number of aromatic nitrogens is 3. The third kappa shape index (κ3) is 2.66. The van der Waals surface area contributed by atoms with Crippen LogP contribution in [-0.2, 0) is 6.42 Å². The number of nitrogen functional groups attached to an aromatic ring is 1. The third-order valence-electron chi connectivity index (χ3n) is 3.06. The number of pyridine rings is 1.